The Morgan fingerprint density at radius 2 is 2.44 bits per heavy atom. The zero-order valence-electron chi connectivity index (χ0n) is 9.53. The van der Waals surface area contributed by atoms with Gasteiger partial charge in [0.05, 0.1) is 17.9 Å². The molecule has 0 spiro atoms. The minimum atomic E-state index is -0.316. The fraction of sp³-hybridized carbons (Fsp3) is 0.583. The molecule has 88 valence electrons. The molecule has 2 rings (SSSR count). The van der Waals surface area contributed by atoms with Crippen molar-refractivity contribution in [2.75, 3.05) is 6.54 Å². The third-order valence-electron chi connectivity index (χ3n) is 3.38. The van der Waals surface area contributed by atoms with Crippen LogP contribution in [0.4, 0.5) is 0 Å². The molecule has 1 aliphatic rings. The van der Waals surface area contributed by atoms with E-state index >= 15 is 0 Å². The highest BCUT2D eigenvalue weighted by Crippen LogP contribution is 2.44. The van der Waals surface area contributed by atoms with Crippen molar-refractivity contribution >= 4 is 5.91 Å². The lowest BCUT2D eigenvalue weighted by atomic mass is 9.62. The molecule has 4 heteroatoms. The van der Waals surface area contributed by atoms with Crippen LogP contribution in [0.15, 0.2) is 23.0 Å². The van der Waals surface area contributed by atoms with Crippen molar-refractivity contribution in [3.8, 4) is 0 Å². The van der Waals surface area contributed by atoms with Crippen molar-refractivity contribution in [3.05, 3.63) is 24.2 Å². The number of nitrogens with one attached hydrogen (secondary N) is 1. The van der Waals surface area contributed by atoms with E-state index in [-0.39, 0.29) is 11.3 Å². The van der Waals surface area contributed by atoms with E-state index in [4.69, 9.17) is 10.2 Å². The topological polar surface area (TPSA) is 68.3 Å². The smallest absolute Gasteiger partial charge is 0.227 e. The van der Waals surface area contributed by atoms with Gasteiger partial charge in [-0.05, 0) is 24.8 Å². The Labute approximate surface area is 95.2 Å². The summed E-state index contributed by atoms with van der Waals surface area (Å²) >= 11 is 0. The Bertz CT molecular complexity index is 353. The van der Waals surface area contributed by atoms with Crippen molar-refractivity contribution < 1.29 is 9.21 Å². The summed E-state index contributed by atoms with van der Waals surface area (Å²) in [6.45, 7) is 3.11. The molecule has 0 radical (unpaired) electrons. The summed E-state index contributed by atoms with van der Waals surface area (Å²) < 4.78 is 4.94. The number of carbonyl (C=O) groups excluding carboxylic acids is 1. The van der Waals surface area contributed by atoms with Crippen LogP contribution in [-0.2, 0) is 11.3 Å². The van der Waals surface area contributed by atoms with Gasteiger partial charge in [0, 0.05) is 18.7 Å². The van der Waals surface area contributed by atoms with Crippen LogP contribution in [0.3, 0.4) is 0 Å². The van der Waals surface area contributed by atoms with E-state index in [1.54, 1.807) is 12.5 Å². The molecule has 0 aliphatic heterocycles. The summed E-state index contributed by atoms with van der Waals surface area (Å²) in [6, 6.07) is 1.85. The summed E-state index contributed by atoms with van der Waals surface area (Å²) in [4.78, 5) is 12.0. The van der Waals surface area contributed by atoms with Crippen LogP contribution >= 0.6 is 0 Å². The number of carbonyl (C=O) groups is 1. The number of hydrogen-bond donors (Lipinski definition) is 2. The fourth-order valence-electron chi connectivity index (χ4n) is 2.48. The van der Waals surface area contributed by atoms with Gasteiger partial charge in [0.2, 0.25) is 5.91 Å². The molecule has 1 heterocycles. The molecule has 1 aromatic heterocycles. The van der Waals surface area contributed by atoms with Crippen LogP contribution in [0, 0.1) is 11.3 Å². The first-order chi connectivity index (χ1) is 7.66. The first-order valence-corrected chi connectivity index (χ1v) is 5.66. The average molecular weight is 222 g/mol. The van der Waals surface area contributed by atoms with Gasteiger partial charge in [0.15, 0.2) is 0 Å². The summed E-state index contributed by atoms with van der Waals surface area (Å²) in [6.07, 6.45) is 5.05. The van der Waals surface area contributed by atoms with Gasteiger partial charge in [-0.3, -0.25) is 4.79 Å². The maximum Gasteiger partial charge on any atom is 0.227 e. The van der Waals surface area contributed by atoms with E-state index in [1.165, 1.54) is 0 Å². The molecule has 0 atom stereocenters. The first-order valence-electron chi connectivity index (χ1n) is 5.66. The van der Waals surface area contributed by atoms with E-state index in [0.29, 0.717) is 19.0 Å². The van der Waals surface area contributed by atoms with Gasteiger partial charge in [-0.15, -0.1) is 0 Å². The largest absolute Gasteiger partial charge is 0.472 e. The van der Waals surface area contributed by atoms with Crippen molar-refractivity contribution in [1.29, 1.82) is 0 Å². The second-order valence-corrected chi connectivity index (χ2v) is 4.81. The zero-order valence-corrected chi connectivity index (χ0v) is 9.53. The van der Waals surface area contributed by atoms with E-state index in [9.17, 15) is 4.79 Å². The molecule has 4 nitrogen and oxygen atoms in total. The number of rotatable bonds is 4. The number of furan rings is 1. The van der Waals surface area contributed by atoms with E-state index in [2.05, 4.69) is 12.2 Å². The average Bonchev–Trinajstić information content (AvgIpc) is 2.73. The molecule has 0 unspecified atom stereocenters. The zero-order chi connectivity index (χ0) is 11.6. The number of hydrogen-bond acceptors (Lipinski definition) is 3. The molecule has 0 bridgehead atoms. The molecular formula is C12H18N2O2. The van der Waals surface area contributed by atoms with Crippen LogP contribution in [0.5, 0.6) is 0 Å². The van der Waals surface area contributed by atoms with Crippen molar-refractivity contribution in [2.45, 2.75) is 26.3 Å². The molecule has 1 aliphatic carbocycles. The predicted molar refractivity (Wildman–Crippen MR) is 60.4 cm³/mol. The van der Waals surface area contributed by atoms with E-state index in [1.807, 2.05) is 6.07 Å². The minimum absolute atomic E-state index is 0.0781. The van der Waals surface area contributed by atoms with Crippen LogP contribution in [0.1, 0.15) is 25.3 Å². The third kappa shape index (κ3) is 1.97. The predicted octanol–water partition coefficient (Wildman–Crippen LogP) is 1.27. The highest BCUT2D eigenvalue weighted by molar-refractivity contribution is 5.83. The summed E-state index contributed by atoms with van der Waals surface area (Å²) in [5.74, 6) is 0.692. The van der Waals surface area contributed by atoms with Gasteiger partial charge in [-0.25, -0.2) is 0 Å². The molecule has 0 aromatic carbocycles. The molecule has 0 saturated heterocycles. The Morgan fingerprint density at radius 3 is 2.94 bits per heavy atom. The summed E-state index contributed by atoms with van der Waals surface area (Å²) in [5.41, 5.74) is 6.36. The number of nitrogens with two attached hydrogens (primary N) is 1. The van der Waals surface area contributed by atoms with Crippen molar-refractivity contribution in [1.82, 2.24) is 5.32 Å². The van der Waals surface area contributed by atoms with Gasteiger partial charge in [0.25, 0.3) is 0 Å². The van der Waals surface area contributed by atoms with Crippen LogP contribution in [0.2, 0.25) is 0 Å². The second kappa shape index (κ2) is 4.29. The minimum Gasteiger partial charge on any atom is -0.472 e. The van der Waals surface area contributed by atoms with E-state index < -0.39 is 0 Å². The van der Waals surface area contributed by atoms with Gasteiger partial charge in [-0.2, -0.15) is 0 Å². The molecule has 1 amide bonds. The lowest BCUT2D eigenvalue weighted by molar-refractivity contribution is -0.138. The standard InChI is InChI=1S/C12H18N2O2/c1-9-4-12(5-9,8-13)11(15)14-6-10-2-3-16-7-10/h2-3,7,9H,4-6,8,13H2,1H3,(H,14,15). The molecular weight excluding hydrogens is 204 g/mol. The summed E-state index contributed by atoms with van der Waals surface area (Å²) in [5, 5.41) is 2.92. The molecule has 16 heavy (non-hydrogen) atoms. The van der Waals surface area contributed by atoms with Crippen LogP contribution in [0.25, 0.3) is 0 Å². The Kier molecular flexibility index (Phi) is 3.01. The molecule has 3 N–H and O–H groups in total. The molecule has 1 aromatic rings. The summed E-state index contributed by atoms with van der Waals surface area (Å²) in [7, 11) is 0. The maximum atomic E-state index is 12.0. The van der Waals surface area contributed by atoms with Gasteiger partial charge >= 0.3 is 0 Å². The monoisotopic (exact) mass is 222 g/mol. The van der Waals surface area contributed by atoms with Gasteiger partial charge in [0.1, 0.15) is 0 Å². The lowest BCUT2D eigenvalue weighted by Gasteiger charge is -2.44. The maximum absolute atomic E-state index is 12.0. The second-order valence-electron chi connectivity index (χ2n) is 4.81. The molecule has 1 saturated carbocycles. The number of amides is 1. The van der Waals surface area contributed by atoms with Gasteiger partial charge in [-0.1, -0.05) is 6.92 Å². The third-order valence-corrected chi connectivity index (χ3v) is 3.38. The highest BCUT2D eigenvalue weighted by atomic mass is 16.3. The highest BCUT2D eigenvalue weighted by Gasteiger charge is 2.46. The normalized spacial score (nSPS) is 28.5. The van der Waals surface area contributed by atoms with Crippen LogP contribution < -0.4 is 11.1 Å². The lowest BCUT2D eigenvalue weighted by Crippen LogP contribution is -2.53. The Hall–Kier alpha value is -1.29. The van der Waals surface area contributed by atoms with Crippen LogP contribution in [-0.4, -0.2) is 12.5 Å². The Morgan fingerprint density at radius 1 is 1.69 bits per heavy atom. The SMILES string of the molecule is CC1CC(CN)(C(=O)NCc2ccoc2)C1. The first kappa shape index (κ1) is 11.2. The van der Waals surface area contributed by atoms with Crippen molar-refractivity contribution in [2.24, 2.45) is 17.1 Å². The van der Waals surface area contributed by atoms with E-state index in [0.717, 1.165) is 18.4 Å². The Balaban J connectivity index is 1.88. The van der Waals surface area contributed by atoms with Crippen molar-refractivity contribution in [3.63, 3.8) is 0 Å². The fourth-order valence-corrected chi connectivity index (χ4v) is 2.48. The van der Waals surface area contributed by atoms with Gasteiger partial charge < -0.3 is 15.5 Å². The molecule has 1 fully saturated rings. The quantitative estimate of drug-likeness (QED) is 0.806.